The Morgan fingerprint density at radius 1 is 1.20 bits per heavy atom. The van der Waals surface area contributed by atoms with Crippen molar-refractivity contribution >= 4 is 11.4 Å². The van der Waals surface area contributed by atoms with Gasteiger partial charge in [-0.1, -0.05) is 65.1 Å². The second-order valence-electron chi connectivity index (χ2n) is 6.45. The van der Waals surface area contributed by atoms with Crippen molar-refractivity contribution < 1.29 is 0 Å². The average molecular weight is 337 g/mol. The molecule has 1 aromatic carbocycles. The topological polar surface area (TPSA) is 24.4 Å². The van der Waals surface area contributed by atoms with Crippen LogP contribution in [0.15, 0.2) is 77.6 Å². The van der Waals surface area contributed by atoms with Crippen molar-refractivity contribution in [2.75, 3.05) is 5.32 Å². The lowest BCUT2D eigenvalue weighted by atomic mass is 10.0. The maximum Gasteiger partial charge on any atom is 0.0601 e. The van der Waals surface area contributed by atoms with Crippen LogP contribution < -0.4 is 5.32 Å². The van der Waals surface area contributed by atoms with Gasteiger partial charge in [0.25, 0.3) is 0 Å². The van der Waals surface area contributed by atoms with Gasteiger partial charge in [0.1, 0.15) is 0 Å². The number of aryl methyl sites for hydroxylation is 1. The van der Waals surface area contributed by atoms with Crippen molar-refractivity contribution in [1.82, 2.24) is 0 Å². The van der Waals surface area contributed by atoms with E-state index in [1.54, 1.807) is 0 Å². The molecule has 0 aromatic heterocycles. The molecule has 0 bridgehead atoms. The Hall–Kier alpha value is -2.35. The molecule has 1 rings (SSSR count). The van der Waals surface area contributed by atoms with E-state index in [0.29, 0.717) is 5.92 Å². The molecule has 2 nitrogen and oxygen atoms in total. The van der Waals surface area contributed by atoms with E-state index in [-0.39, 0.29) is 0 Å². The quantitative estimate of drug-likeness (QED) is 0.394. The number of aliphatic imine (C=N–C) groups is 1. The Balaban J connectivity index is 2.89. The fourth-order valence-corrected chi connectivity index (χ4v) is 2.38. The molecule has 0 unspecified atom stereocenters. The highest BCUT2D eigenvalue weighted by atomic mass is 14.9. The highest BCUT2D eigenvalue weighted by Crippen LogP contribution is 2.18. The van der Waals surface area contributed by atoms with Crippen LogP contribution in [-0.2, 0) is 6.42 Å². The number of benzene rings is 1. The van der Waals surface area contributed by atoms with Gasteiger partial charge in [-0.25, -0.2) is 0 Å². The molecule has 0 saturated carbocycles. The first-order chi connectivity index (χ1) is 11.9. The van der Waals surface area contributed by atoms with E-state index < -0.39 is 0 Å². The van der Waals surface area contributed by atoms with Gasteiger partial charge in [-0.05, 0) is 54.5 Å². The summed E-state index contributed by atoms with van der Waals surface area (Å²) in [7, 11) is 0. The maximum absolute atomic E-state index is 4.61. The number of nitrogens with zero attached hydrogens (tertiary/aromatic N) is 1. The van der Waals surface area contributed by atoms with Crippen molar-refractivity contribution in [3.8, 4) is 0 Å². The first-order valence-electron chi connectivity index (χ1n) is 9.04. The van der Waals surface area contributed by atoms with Gasteiger partial charge in [0.2, 0.25) is 0 Å². The zero-order valence-corrected chi connectivity index (χ0v) is 16.4. The van der Waals surface area contributed by atoms with Crippen LogP contribution in [-0.4, -0.2) is 5.71 Å². The molecule has 1 N–H and O–H groups in total. The van der Waals surface area contributed by atoms with E-state index >= 15 is 0 Å². The van der Waals surface area contributed by atoms with Gasteiger partial charge in [-0.15, -0.1) is 0 Å². The monoisotopic (exact) mass is 336 g/mol. The molecule has 0 saturated heterocycles. The van der Waals surface area contributed by atoms with Gasteiger partial charge in [0, 0.05) is 11.9 Å². The van der Waals surface area contributed by atoms with Gasteiger partial charge in [-0.3, -0.25) is 4.99 Å². The van der Waals surface area contributed by atoms with Gasteiger partial charge in [0.15, 0.2) is 0 Å². The van der Waals surface area contributed by atoms with Crippen LogP contribution in [0.1, 0.15) is 46.6 Å². The lowest BCUT2D eigenvalue weighted by molar-refractivity contribution is 0.824. The second kappa shape index (κ2) is 10.5. The number of nitrogens with one attached hydrogen (secondary N) is 1. The minimum absolute atomic E-state index is 0.482. The Morgan fingerprint density at radius 3 is 2.32 bits per heavy atom. The lowest BCUT2D eigenvalue weighted by Gasteiger charge is -2.10. The summed E-state index contributed by atoms with van der Waals surface area (Å²) in [6.45, 7) is 18.6. The predicted molar refractivity (Wildman–Crippen MR) is 113 cm³/mol. The molecule has 0 heterocycles. The highest BCUT2D eigenvalue weighted by Gasteiger charge is 2.03. The third-order valence-corrected chi connectivity index (χ3v) is 3.99. The summed E-state index contributed by atoms with van der Waals surface area (Å²) in [4.78, 5) is 4.61. The standard InChI is InChI=1S/C23H32N2/c1-8-20-11-13-23(14-12-20)25-19(7)18(6)24-16-22(10-3)21(9-2)15-17(4)5/h9,11-17,25H,2,7-8,10H2,1,3-6H3/b21-15+,22-16+,24-18?. The fraction of sp³-hybridized carbons (Fsp3) is 0.348. The third-order valence-electron chi connectivity index (χ3n) is 3.99. The minimum atomic E-state index is 0.482. The van der Waals surface area contributed by atoms with Crippen molar-refractivity contribution in [3.05, 3.63) is 78.2 Å². The van der Waals surface area contributed by atoms with Gasteiger partial charge in [-0.2, -0.15) is 0 Å². The molecule has 0 aliphatic carbocycles. The van der Waals surface area contributed by atoms with Gasteiger partial charge >= 0.3 is 0 Å². The second-order valence-corrected chi connectivity index (χ2v) is 6.45. The van der Waals surface area contributed by atoms with Crippen molar-refractivity contribution in [1.29, 1.82) is 0 Å². The summed E-state index contributed by atoms with van der Waals surface area (Å²) >= 11 is 0. The van der Waals surface area contributed by atoms with Gasteiger partial charge < -0.3 is 5.32 Å². The molecule has 0 radical (unpaired) electrons. The molecule has 0 amide bonds. The molecule has 134 valence electrons. The zero-order chi connectivity index (χ0) is 18.8. The largest absolute Gasteiger partial charge is 0.355 e. The minimum Gasteiger partial charge on any atom is -0.355 e. The number of rotatable bonds is 9. The van der Waals surface area contributed by atoms with Gasteiger partial charge in [0.05, 0.1) is 11.4 Å². The highest BCUT2D eigenvalue weighted by molar-refractivity contribution is 6.00. The number of hydrogen-bond donors (Lipinski definition) is 1. The zero-order valence-electron chi connectivity index (χ0n) is 16.4. The van der Waals surface area contributed by atoms with E-state index in [9.17, 15) is 0 Å². The molecule has 25 heavy (non-hydrogen) atoms. The predicted octanol–water partition coefficient (Wildman–Crippen LogP) is 6.70. The van der Waals surface area contributed by atoms with E-state index in [0.717, 1.165) is 35.5 Å². The summed E-state index contributed by atoms with van der Waals surface area (Å²) in [6.07, 6.45) is 8.01. The number of allylic oxidation sites excluding steroid dienone is 5. The Labute approximate surface area is 153 Å². The van der Waals surface area contributed by atoms with Crippen LogP contribution in [0, 0.1) is 5.92 Å². The van der Waals surface area contributed by atoms with E-state index in [4.69, 9.17) is 0 Å². The number of anilines is 1. The van der Waals surface area contributed by atoms with Crippen LogP contribution in [0.3, 0.4) is 0 Å². The summed E-state index contributed by atoms with van der Waals surface area (Å²) in [5, 5.41) is 3.32. The average Bonchev–Trinajstić information content (AvgIpc) is 2.61. The smallest absolute Gasteiger partial charge is 0.0601 e. The van der Waals surface area contributed by atoms with Crippen molar-refractivity contribution in [2.24, 2.45) is 10.9 Å². The molecule has 0 aliphatic rings. The van der Waals surface area contributed by atoms with Crippen LogP contribution in [0.2, 0.25) is 0 Å². The molecular weight excluding hydrogens is 304 g/mol. The SMILES string of the molecule is C=CC(=C\C(C)C)/C(=C/N=C(C)C(=C)Nc1ccc(CC)cc1)CC. The summed E-state index contributed by atoms with van der Waals surface area (Å²) < 4.78 is 0. The molecular formula is C23H32N2. The third kappa shape index (κ3) is 6.96. The maximum atomic E-state index is 4.61. The lowest BCUT2D eigenvalue weighted by Crippen LogP contribution is -2.06. The Morgan fingerprint density at radius 2 is 1.84 bits per heavy atom. The van der Waals surface area contributed by atoms with Crippen LogP contribution in [0.4, 0.5) is 5.69 Å². The van der Waals surface area contributed by atoms with E-state index in [1.807, 2.05) is 19.2 Å². The Kier molecular flexibility index (Phi) is 8.69. The first kappa shape index (κ1) is 20.7. The molecule has 1 aromatic rings. The van der Waals surface area contributed by atoms with Crippen LogP contribution >= 0.6 is 0 Å². The number of hydrogen-bond acceptors (Lipinski definition) is 2. The molecule has 0 fully saturated rings. The normalized spacial score (nSPS) is 13.1. The van der Waals surface area contributed by atoms with Crippen molar-refractivity contribution in [3.63, 3.8) is 0 Å². The Bertz CT molecular complexity index is 671. The summed E-state index contributed by atoms with van der Waals surface area (Å²) in [5.74, 6) is 0.482. The van der Waals surface area contributed by atoms with Crippen LogP contribution in [0.5, 0.6) is 0 Å². The molecule has 0 spiro atoms. The molecule has 0 aliphatic heterocycles. The first-order valence-corrected chi connectivity index (χ1v) is 9.04. The van der Waals surface area contributed by atoms with Crippen LogP contribution in [0.25, 0.3) is 0 Å². The fourth-order valence-electron chi connectivity index (χ4n) is 2.38. The van der Waals surface area contributed by atoms with Crippen molar-refractivity contribution in [2.45, 2.75) is 47.5 Å². The van der Waals surface area contributed by atoms with E-state index in [1.165, 1.54) is 11.1 Å². The summed E-state index contributed by atoms with van der Waals surface area (Å²) in [5.41, 5.74) is 6.38. The van der Waals surface area contributed by atoms with E-state index in [2.05, 4.69) is 81.5 Å². The summed E-state index contributed by atoms with van der Waals surface area (Å²) in [6, 6.07) is 8.41. The molecule has 2 heteroatoms. The molecule has 0 atom stereocenters.